The number of aliphatic hydroxyl groups is 1. The van der Waals surface area contributed by atoms with Crippen LogP contribution in [0.2, 0.25) is 0 Å². The summed E-state index contributed by atoms with van der Waals surface area (Å²) >= 11 is 0. The lowest BCUT2D eigenvalue weighted by molar-refractivity contribution is -0.169. The largest absolute Gasteiger partial charge is 0.465 e. The second-order valence-corrected chi connectivity index (χ2v) is 8.34. The molecular weight excluding hydrogens is 300 g/mol. The van der Waals surface area contributed by atoms with Crippen LogP contribution in [-0.2, 0) is 21.6 Å². The fraction of sp³-hybridized carbons (Fsp3) is 0.667. The van der Waals surface area contributed by atoms with Gasteiger partial charge in [0.05, 0.1) is 17.6 Å². The standard InChI is InChI=1S/C21H32O3/c1-15(2)14-21(12-10-16(21)3)19(22)24-13-11-17-6-8-18(9-7-17)20(4,5)23/h6-9,15-16,23H,10-14H2,1-5H3/t16-,21?/m1/s1. The number of esters is 1. The van der Waals surface area contributed by atoms with Gasteiger partial charge in [0.25, 0.3) is 0 Å². The molecule has 0 spiro atoms. The summed E-state index contributed by atoms with van der Waals surface area (Å²) in [6.07, 6.45) is 3.73. The van der Waals surface area contributed by atoms with Gasteiger partial charge < -0.3 is 9.84 Å². The van der Waals surface area contributed by atoms with Crippen LogP contribution in [0.1, 0.15) is 65.0 Å². The lowest BCUT2D eigenvalue weighted by Gasteiger charge is -2.46. The van der Waals surface area contributed by atoms with Gasteiger partial charge >= 0.3 is 5.97 Å². The summed E-state index contributed by atoms with van der Waals surface area (Å²) in [6.45, 7) is 10.5. The molecule has 1 aliphatic carbocycles. The van der Waals surface area contributed by atoms with Crippen molar-refractivity contribution in [3.8, 4) is 0 Å². The third-order valence-corrected chi connectivity index (χ3v) is 5.43. The number of benzene rings is 1. The summed E-state index contributed by atoms with van der Waals surface area (Å²) in [5, 5.41) is 9.98. The molecule has 0 aliphatic heterocycles. The molecular formula is C21H32O3. The highest BCUT2D eigenvalue weighted by molar-refractivity contribution is 5.78. The van der Waals surface area contributed by atoms with E-state index < -0.39 is 5.60 Å². The molecule has 2 atom stereocenters. The predicted molar refractivity (Wildman–Crippen MR) is 96.6 cm³/mol. The van der Waals surface area contributed by atoms with Crippen molar-refractivity contribution in [2.75, 3.05) is 6.61 Å². The van der Waals surface area contributed by atoms with Crippen LogP contribution in [0.3, 0.4) is 0 Å². The van der Waals surface area contributed by atoms with Crippen molar-refractivity contribution >= 4 is 5.97 Å². The molecule has 1 aromatic carbocycles. The summed E-state index contributed by atoms with van der Waals surface area (Å²) < 4.78 is 5.63. The highest BCUT2D eigenvalue weighted by atomic mass is 16.5. The number of hydrogen-bond donors (Lipinski definition) is 1. The minimum absolute atomic E-state index is 0.0111. The molecule has 2 rings (SSSR count). The SMILES string of the molecule is CC(C)CC1(C(=O)OCCc2ccc(C(C)(C)O)cc2)CC[C@H]1C. The maximum absolute atomic E-state index is 12.6. The van der Waals surface area contributed by atoms with Crippen LogP contribution in [-0.4, -0.2) is 17.7 Å². The lowest BCUT2D eigenvalue weighted by atomic mass is 9.57. The van der Waals surface area contributed by atoms with Gasteiger partial charge in [-0.2, -0.15) is 0 Å². The van der Waals surface area contributed by atoms with E-state index in [1.54, 1.807) is 13.8 Å². The summed E-state index contributed by atoms with van der Waals surface area (Å²) in [7, 11) is 0. The van der Waals surface area contributed by atoms with E-state index in [1.165, 1.54) is 0 Å². The van der Waals surface area contributed by atoms with Gasteiger partial charge in [0, 0.05) is 6.42 Å². The van der Waals surface area contributed by atoms with E-state index >= 15 is 0 Å². The molecule has 24 heavy (non-hydrogen) atoms. The van der Waals surface area contributed by atoms with Gasteiger partial charge in [-0.1, -0.05) is 45.0 Å². The topological polar surface area (TPSA) is 46.5 Å². The van der Waals surface area contributed by atoms with E-state index in [0.717, 1.165) is 30.4 Å². The minimum Gasteiger partial charge on any atom is -0.465 e. The Bertz CT molecular complexity index is 553. The van der Waals surface area contributed by atoms with Crippen molar-refractivity contribution in [3.63, 3.8) is 0 Å². The third kappa shape index (κ3) is 4.18. The Morgan fingerprint density at radius 3 is 2.38 bits per heavy atom. The first-order valence-corrected chi connectivity index (χ1v) is 9.14. The van der Waals surface area contributed by atoms with E-state index in [4.69, 9.17) is 4.74 Å². The second-order valence-electron chi connectivity index (χ2n) is 8.34. The summed E-state index contributed by atoms with van der Waals surface area (Å²) in [6, 6.07) is 7.87. The van der Waals surface area contributed by atoms with E-state index in [9.17, 15) is 9.90 Å². The zero-order valence-corrected chi connectivity index (χ0v) is 15.8. The zero-order valence-electron chi connectivity index (χ0n) is 15.8. The van der Waals surface area contributed by atoms with Crippen LogP contribution in [0.5, 0.6) is 0 Å². The lowest BCUT2D eigenvalue weighted by Crippen LogP contribution is -2.47. The molecule has 1 saturated carbocycles. The normalized spacial score (nSPS) is 23.9. The van der Waals surface area contributed by atoms with E-state index in [-0.39, 0.29) is 11.4 Å². The van der Waals surface area contributed by atoms with E-state index in [0.29, 0.717) is 24.9 Å². The molecule has 1 aliphatic rings. The van der Waals surface area contributed by atoms with Gasteiger partial charge in [0.15, 0.2) is 0 Å². The number of rotatable bonds is 7. The Morgan fingerprint density at radius 1 is 1.33 bits per heavy atom. The van der Waals surface area contributed by atoms with Gasteiger partial charge in [-0.3, -0.25) is 4.79 Å². The number of hydrogen-bond acceptors (Lipinski definition) is 3. The highest BCUT2D eigenvalue weighted by Crippen LogP contribution is 2.51. The molecule has 0 heterocycles. The van der Waals surface area contributed by atoms with Crippen molar-refractivity contribution in [1.82, 2.24) is 0 Å². The van der Waals surface area contributed by atoms with Gasteiger partial charge in [0.2, 0.25) is 0 Å². The van der Waals surface area contributed by atoms with Crippen LogP contribution < -0.4 is 0 Å². The number of carbonyl (C=O) groups excluding carboxylic acids is 1. The third-order valence-electron chi connectivity index (χ3n) is 5.43. The van der Waals surface area contributed by atoms with Crippen LogP contribution in [0.25, 0.3) is 0 Å². The Hall–Kier alpha value is -1.35. The average Bonchev–Trinajstić information content (AvgIpc) is 2.50. The molecule has 0 bridgehead atoms. The molecule has 0 saturated heterocycles. The first-order chi connectivity index (χ1) is 11.1. The van der Waals surface area contributed by atoms with Gasteiger partial charge in [-0.25, -0.2) is 0 Å². The van der Waals surface area contributed by atoms with Crippen LogP contribution >= 0.6 is 0 Å². The molecule has 0 radical (unpaired) electrons. The van der Waals surface area contributed by atoms with Gasteiger partial charge in [-0.05, 0) is 56.1 Å². The molecule has 0 aromatic heterocycles. The molecule has 1 unspecified atom stereocenters. The molecule has 0 amide bonds. The van der Waals surface area contributed by atoms with Gasteiger partial charge in [-0.15, -0.1) is 0 Å². The van der Waals surface area contributed by atoms with Crippen molar-refractivity contribution in [1.29, 1.82) is 0 Å². The monoisotopic (exact) mass is 332 g/mol. The Morgan fingerprint density at radius 2 is 1.96 bits per heavy atom. The fourth-order valence-corrected chi connectivity index (χ4v) is 3.68. The predicted octanol–water partition coefficient (Wildman–Crippen LogP) is 4.46. The molecule has 3 heteroatoms. The van der Waals surface area contributed by atoms with Crippen LogP contribution in [0.15, 0.2) is 24.3 Å². The first-order valence-electron chi connectivity index (χ1n) is 9.14. The van der Waals surface area contributed by atoms with Crippen LogP contribution in [0.4, 0.5) is 0 Å². The van der Waals surface area contributed by atoms with E-state index in [2.05, 4.69) is 20.8 Å². The van der Waals surface area contributed by atoms with Crippen molar-refractivity contribution in [2.24, 2.45) is 17.3 Å². The number of ether oxygens (including phenoxy) is 1. The zero-order chi connectivity index (χ0) is 18.0. The van der Waals surface area contributed by atoms with E-state index in [1.807, 2.05) is 24.3 Å². The quantitative estimate of drug-likeness (QED) is 0.750. The average molecular weight is 332 g/mol. The molecule has 1 N–H and O–H groups in total. The number of carbonyl (C=O) groups is 1. The molecule has 134 valence electrons. The van der Waals surface area contributed by atoms with Crippen molar-refractivity contribution in [2.45, 2.75) is 65.9 Å². The molecule has 1 fully saturated rings. The summed E-state index contributed by atoms with van der Waals surface area (Å²) in [4.78, 5) is 12.6. The smallest absolute Gasteiger partial charge is 0.312 e. The van der Waals surface area contributed by atoms with Crippen molar-refractivity contribution in [3.05, 3.63) is 35.4 Å². The summed E-state index contributed by atoms with van der Waals surface area (Å²) in [5.41, 5.74) is 0.936. The maximum Gasteiger partial charge on any atom is 0.312 e. The second kappa shape index (κ2) is 7.26. The van der Waals surface area contributed by atoms with Gasteiger partial charge in [0.1, 0.15) is 0 Å². The minimum atomic E-state index is -0.825. The van der Waals surface area contributed by atoms with Crippen molar-refractivity contribution < 1.29 is 14.6 Å². The highest BCUT2D eigenvalue weighted by Gasteiger charge is 2.51. The molecule has 1 aromatic rings. The fourth-order valence-electron chi connectivity index (χ4n) is 3.68. The Labute approximate surface area is 146 Å². The maximum atomic E-state index is 12.6. The summed E-state index contributed by atoms with van der Waals surface area (Å²) in [5.74, 6) is 0.927. The Kier molecular flexibility index (Phi) is 5.74. The Balaban J connectivity index is 1.88. The first kappa shape index (κ1) is 19.0. The van der Waals surface area contributed by atoms with Crippen LogP contribution in [0, 0.1) is 17.3 Å². The molecule has 3 nitrogen and oxygen atoms in total.